The number of anilines is 3. The van der Waals surface area contributed by atoms with Gasteiger partial charge in [0.1, 0.15) is 33.3 Å². The molecule has 0 aromatic heterocycles. The minimum Gasteiger partial charge on any atom is -0.368 e. The Balaban J connectivity index is 0.000000305. The van der Waals surface area contributed by atoms with Crippen LogP contribution in [0.25, 0.3) is 0 Å². The average molecular weight is 885 g/mol. The highest BCUT2D eigenvalue weighted by atomic mass is 32.2. The van der Waals surface area contributed by atoms with Gasteiger partial charge < -0.3 is 24.9 Å². The highest BCUT2D eigenvalue weighted by Crippen LogP contribution is 2.33. The molecule has 0 atom stereocenters. The molecular weight excluding hydrogens is 837 g/mol. The van der Waals surface area contributed by atoms with Gasteiger partial charge in [-0.1, -0.05) is 18.2 Å². The number of amides is 1. The number of piperidine rings is 1. The van der Waals surface area contributed by atoms with E-state index in [9.17, 15) is 44.5 Å². The molecule has 19 heteroatoms. The Bertz CT molecular complexity index is 2550. The normalized spacial score (nSPS) is 16.5. The molecule has 61 heavy (non-hydrogen) atoms. The lowest BCUT2D eigenvalue weighted by atomic mass is 9.86. The summed E-state index contributed by atoms with van der Waals surface area (Å²) >= 11 is 0. The summed E-state index contributed by atoms with van der Waals surface area (Å²) in [5.74, 6) is -3.07. The van der Waals surface area contributed by atoms with Gasteiger partial charge in [0.25, 0.3) is 5.91 Å². The van der Waals surface area contributed by atoms with Crippen molar-refractivity contribution in [3.8, 4) is 6.07 Å². The van der Waals surface area contributed by atoms with Crippen molar-refractivity contribution in [2.75, 3.05) is 80.1 Å². The molecule has 5 N–H and O–H groups in total. The summed E-state index contributed by atoms with van der Waals surface area (Å²) in [6.07, 6.45) is 2.24. The number of primary sulfonamides is 2. The summed E-state index contributed by atoms with van der Waals surface area (Å²) in [5, 5.41) is 22.9. The number of rotatable bonds is 8. The number of aryl methyl sites for hydroxylation is 2. The van der Waals surface area contributed by atoms with Crippen molar-refractivity contribution in [1.82, 2.24) is 10.2 Å². The number of halogens is 4. The first-order valence-electron chi connectivity index (χ1n) is 19.7. The van der Waals surface area contributed by atoms with Crippen LogP contribution in [0.2, 0.25) is 0 Å². The van der Waals surface area contributed by atoms with Crippen LogP contribution < -0.4 is 30.3 Å². The van der Waals surface area contributed by atoms with Gasteiger partial charge in [0.2, 0.25) is 20.0 Å². The molecule has 7 rings (SSSR count). The predicted octanol–water partition coefficient (Wildman–Crippen LogP) is 4.54. The van der Waals surface area contributed by atoms with E-state index in [0.29, 0.717) is 63.6 Å². The molecule has 0 unspecified atom stereocenters. The number of nitrogens with two attached hydrogens (primary N) is 2. The molecule has 0 spiro atoms. The first kappa shape index (κ1) is 45.3. The molecule has 3 heterocycles. The van der Waals surface area contributed by atoms with Crippen molar-refractivity contribution in [2.24, 2.45) is 16.2 Å². The largest absolute Gasteiger partial charge is 0.368 e. The Hall–Kier alpha value is -5.26. The first-order valence-corrected chi connectivity index (χ1v) is 22.8. The van der Waals surface area contributed by atoms with Crippen molar-refractivity contribution >= 4 is 43.0 Å². The second-order valence-corrected chi connectivity index (χ2v) is 18.4. The van der Waals surface area contributed by atoms with Crippen molar-refractivity contribution in [3.63, 3.8) is 0 Å². The number of carbonyl (C=O) groups excluding carboxylic acids is 1. The van der Waals surface area contributed by atoms with Gasteiger partial charge in [-0.2, -0.15) is 5.26 Å². The zero-order valence-corrected chi connectivity index (χ0v) is 35.4. The number of hydrogen-bond acceptors (Lipinski definition) is 10. The molecule has 3 fully saturated rings. The van der Waals surface area contributed by atoms with Crippen LogP contribution in [0, 0.1) is 54.4 Å². The lowest BCUT2D eigenvalue weighted by Crippen LogP contribution is -2.49. The van der Waals surface area contributed by atoms with Crippen LogP contribution in [0.5, 0.6) is 0 Å². The maximum absolute atomic E-state index is 14.6. The average Bonchev–Trinajstić information content (AvgIpc) is 3.21. The summed E-state index contributed by atoms with van der Waals surface area (Å²) in [5.41, 5.74) is 4.23. The zero-order chi connectivity index (χ0) is 44.2. The molecule has 0 aliphatic carbocycles. The Morgan fingerprint density at radius 3 is 1.79 bits per heavy atom. The molecule has 0 radical (unpaired) electrons. The highest BCUT2D eigenvalue weighted by molar-refractivity contribution is 7.89. The van der Waals surface area contributed by atoms with E-state index in [1.54, 1.807) is 20.8 Å². The summed E-state index contributed by atoms with van der Waals surface area (Å²) in [4.78, 5) is 19.8. The standard InChI is InChI=1S/C32H34F3N5O3S.C10H14FN3O2S/c1-20-14-21(2)26(32(41)40-12-10-38(11-13-40)29-5-3-4-27(34)31(29)44(37,42)43)17-23(20)15-22-6-8-39(9-7-22)30-24(19-36)16-25(33)18-28(30)35;11-8-2-1-3-9(10(8)17(12,15)16)14-6-4-13-5-7-14/h3-5,14,16-18,22H,6-13,15H2,1-2H3,(H2,37,42,43);1-3,13H,4-7H2,(H2,12,15,16). The van der Waals surface area contributed by atoms with Crippen LogP contribution in [-0.2, 0) is 26.5 Å². The third-order valence-corrected chi connectivity index (χ3v) is 13.3. The van der Waals surface area contributed by atoms with Gasteiger partial charge in [-0.15, -0.1) is 0 Å². The monoisotopic (exact) mass is 884 g/mol. The summed E-state index contributed by atoms with van der Waals surface area (Å²) in [6, 6.07) is 15.9. The second kappa shape index (κ2) is 18.8. The number of nitrogens with zero attached hydrogens (tertiary/aromatic N) is 5. The molecule has 326 valence electrons. The second-order valence-electron chi connectivity index (χ2n) is 15.4. The van der Waals surface area contributed by atoms with Crippen molar-refractivity contribution in [1.29, 1.82) is 5.26 Å². The molecule has 1 amide bonds. The van der Waals surface area contributed by atoms with Crippen LogP contribution in [0.1, 0.15) is 45.5 Å². The number of benzene rings is 4. The summed E-state index contributed by atoms with van der Waals surface area (Å²) < 4.78 is 103. The Kier molecular flexibility index (Phi) is 13.9. The quantitative estimate of drug-likeness (QED) is 0.212. The van der Waals surface area contributed by atoms with E-state index in [1.807, 2.05) is 36.9 Å². The van der Waals surface area contributed by atoms with Crippen LogP contribution in [-0.4, -0.2) is 93.1 Å². The van der Waals surface area contributed by atoms with E-state index in [-0.39, 0.29) is 28.8 Å². The van der Waals surface area contributed by atoms with E-state index >= 15 is 0 Å². The van der Waals surface area contributed by atoms with Gasteiger partial charge >= 0.3 is 0 Å². The SMILES string of the molecule is Cc1cc(C)c(C(=O)N2CCN(c3cccc(F)c3S(N)(=O)=O)CC2)cc1CC1CCN(c2c(F)cc(F)cc2C#N)CC1.NS(=O)(=O)c1c(F)cccc1N1CCNCC1. The fraction of sp³-hybridized carbons (Fsp3) is 0.381. The molecule has 0 saturated carbocycles. The van der Waals surface area contributed by atoms with Crippen LogP contribution in [0.4, 0.5) is 34.6 Å². The van der Waals surface area contributed by atoms with Crippen LogP contribution in [0.3, 0.4) is 0 Å². The van der Waals surface area contributed by atoms with E-state index in [0.717, 1.165) is 73.3 Å². The van der Waals surface area contributed by atoms with Crippen LogP contribution >= 0.6 is 0 Å². The highest BCUT2D eigenvalue weighted by Gasteiger charge is 2.30. The third kappa shape index (κ3) is 10.4. The topological polar surface area (TPSA) is 186 Å². The van der Waals surface area contributed by atoms with Gasteiger partial charge in [-0.05, 0) is 92.1 Å². The fourth-order valence-electron chi connectivity index (χ4n) is 8.27. The molecule has 0 bridgehead atoms. The van der Waals surface area contributed by atoms with Gasteiger partial charge in [0, 0.05) is 77.1 Å². The van der Waals surface area contributed by atoms with E-state index in [4.69, 9.17) is 10.3 Å². The molecule has 4 aromatic carbocycles. The fourth-order valence-corrected chi connectivity index (χ4v) is 9.93. The van der Waals surface area contributed by atoms with Crippen molar-refractivity contribution in [2.45, 2.75) is 42.9 Å². The van der Waals surface area contributed by atoms with Gasteiger partial charge in [-0.3, -0.25) is 4.79 Å². The lowest BCUT2D eigenvalue weighted by molar-refractivity contribution is 0.0745. The third-order valence-electron chi connectivity index (χ3n) is 11.3. The lowest BCUT2D eigenvalue weighted by Gasteiger charge is -2.37. The Labute approximate surface area is 353 Å². The Morgan fingerprint density at radius 2 is 1.26 bits per heavy atom. The predicted molar refractivity (Wildman–Crippen MR) is 224 cm³/mol. The number of nitrogens with one attached hydrogen (secondary N) is 1. The van der Waals surface area contributed by atoms with E-state index < -0.39 is 53.1 Å². The maximum Gasteiger partial charge on any atom is 0.254 e. The molecule has 13 nitrogen and oxygen atoms in total. The van der Waals surface area contributed by atoms with Crippen LogP contribution in [0.15, 0.2) is 70.5 Å². The zero-order valence-electron chi connectivity index (χ0n) is 33.8. The first-order chi connectivity index (χ1) is 28.9. The summed E-state index contributed by atoms with van der Waals surface area (Å²) in [6.45, 7) is 8.98. The van der Waals surface area contributed by atoms with Gasteiger partial charge in [0.05, 0.1) is 22.6 Å². The molecule has 3 aliphatic rings. The van der Waals surface area contributed by atoms with Gasteiger partial charge in [0.15, 0.2) is 5.82 Å². The number of piperazine rings is 2. The van der Waals surface area contributed by atoms with E-state index in [1.165, 1.54) is 18.2 Å². The smallest absolute Gasteiger partial charge is 0.254 e. The molecule has 3 saturated heterocycles. The Morgan fingerprint density at radius 1 is 0.721 bits per heavy atom. The molecule has 4 aromatic rings. The number of carbonyl (C=O) groups is 1. The number of sulfonamides is 2. The maximum atomic E-state index is 14.6. The van der Waals surface area contributed by atoms with Crippen molar-refractivity contribution < 1.29 is 39.2 Å². The van der Waals surface area contributed by atoms with Crippen molar-refractivity contribution in [3.05, 3.63) is 112 Å². The summed E-state index contributed by atoms with van der Waals surface area (Å²) in [7, 11) is -8.33. The minimum absolute atomic E-state index is 0.0138. The minimum atomic E-state index is -4.28. The van der Waals surface area contributed by atoms with E-state index in [2.05, 4.69) is 5.32 Å². The number of hydrogen-bond donors (Lipinski definition) is 3. The van der Waals surface area contributed by atoms with Gasteiger partial charge in [-0.25, -0.2) is 44.7 Å². The molecular formula is C42H48F4N8O5S2. The number of nitriles is 1. The molecule has 3 aliphatic heterocycles.